The van der Waals surface area contributed by atoms with E-state index >= 15 is 0 Å². The van der Waals surface area contributed by atoms with E-state index in [9.17, 15) is 0 Å². The molecular weight excluding hydrogens is 246 g/mol. The Hall–Kier alpha value is -0.990. The van der Waals surface area contributed by atoms with Crippen LogP contribution in [0.2, 0.25) is 5.02 Å². The van der Waals surface area contributed by atoms with Gasteiger partial charge in [0, 0.05) is 5.02 Å². The Bertz CT molecular complexity index is 392. The highest BCUT2D eigenvalue weighted by Gasteiger charge is 2.18. The van der Waals surface area contributed by atoms with Crippen molar-refractivity contribution in [2.24, 2.45) is 0 Å². The maximum atomic E-state index is 5.94. The van der Waals surface area contributed by atoms with E-state index in [0.717, 1.165) is 24.3 Å². The molecule has 1 N–H and O–H groups in total. The second-order valence-corrected chi connectivity index (χ2v) is 4.99. The van der Waals surface area contributed by atoms with Crippen molar-refractivity contribution in [3.8, 4) is 5.75 Å². The second kappa shape index (κ2) is 7.45. The summed E-state index contributed by atoms with van der Waals surface area (Å²) in [5.41, 5.74) is 1.08. The van der Waals surface area contributed by atoms with E-state index in [0.29, 0.717) is 5.02 Å². The Balaban J connectivity index is 2.66. The molecule has 0 aliphatic rings. The van der Waals surface area contributed by atoms with Crippen molar-refractivity contribution >= 4 is 11.6 Å². The van der Waals surface area contributed by atoms with Gasteiger partial charge in [-0.2, -0.15) is 0 Å². The highest BCUT2D eigenvalue weighted by molar-refractivity contribution is 6.30. The highest BCUT2D eigenvalue weighted by atomic mass is 35.5. The molecule has 0 fully saturated rings. The molecule has 1 aromatic carbocycles. The molecule has 0 spiro atoms. The molecule has 100 valence electrons. The zero-order valence-electron chi connectivity index (χ0n) is 11.4. The van der Waals surface area contributed by atoms with Gasteiger partial charge in [0.2, 0.25) is 0 Å². The molecule has 1 aromatic rings. The fourth-order valence-corrected chi connectivity index (χ4v) is 2.04. The molecule has 0 aliphatic heterocycles. The molecule has 2 nitrogen and oxygen atoms in total. The largest absolute Gasteiger partial charge is 0.489 e. The number of rotatable bonds is 7. The fourth-order valence-electron chi connectivity index (χ4n) is 1.86. The van der Waals surface area contributed by atoms with Gasteiger partial charge >= 0.3 is 0 Å². The zero-order chi connectivity index (χ0) is 13.5. The van der Waals surface area contributed by atoms with Gasteiger partial charge in [-0.15, -0.1) is 0 Å². The molecule has 0 saturated carbocycles. The van der Waals surface area contributed by atoms with Crippen molar-refractivity contribution in [3.05, 3.63) is 41.4 Å². The first-order valence-electron chi connectivity index (χ1n) is 6.35. The highest BCUT2D eigenvalue weighted by Crippen LogP contribution is 2.20. The lowest BCUT2D eigenvalue weighted by Crippen LogP contribution is -2.42. The third kappa shape index (κ3) is 4.71. The van der Waals surface area contributed by atoms with Crippen molar-refractivity contribution in [2.75, 3.05) is 6.54 Å². The number of hydrogen-bond donors (Lipinski definition) is 1. The molecule has 3 heteroatoms. The molecule has 18 heavy (non-hydrogen) atoms. The van der Waals surface area contributed by atoms with Gasteiger partial charge in [-0.25, -0.2) is 0 Å². The molecular formula is C15H22ClNO. The first kappa shape index (κ1) is 15.1. The Morgan fingerprint density at radius 1 is 1.50 bits per heavy atom. The van der Waals surface area contributed by atoms with Crippen LogP contribution in [0.5, 0.6) is 5.75 Å². The van der Waals surface area contributed by atoms with Gasteiger partial charge in [-0.05, 0) is 45.0 Å². The molecule has 0 aliphatic carbocycles. The molecule has 0 saturated heterocycles. The van der Waals surface area contributed by atoms with Crippen LogP contribution in [0.1, 0.15) is 27.2 Å². The minimum atomic E-state index is 0.0208. The van der Waals surface area contributed by atoms with Crippen LogP contribution in [0.15, 0.2) is 36.4 Å². The summed E-state index contributed by atoms with van der Waals surface area (Å²) in [5.74, 6) is 0.791. The predicted molar refractivity (Wildman–Crippen MR) is 78.4 cm³/mol. The summed E-state index contributed by atoms with van der Waals surface area (Å²) in [4.78, 5) is 0. The van der Waals surface area contributed by atoms with Gasteiger partial charge in [-0.3, -0.25) is 0 Å². The Morgan fingerprint density at radius 2 is 2.22 bits per heavy atom. The van der Waals surface area contributed by atoms with Crippen molar-refractivity contribution < 1.29 is 4.74 Å². The third-order valence-electron chi connectivity index (χ3n) is 2.73. The van der Waals surface area contributed by atoms with Crippen LogP contribution in [0.4, 0.5) is 0 Å². The van der Waals surface area contributed by atoms with E-state index in [1.807, 2.05) is 38.1 Å². The second-order valence-electron chi connectivity index (χ2n) is 4.56. The van der Waals surface area contributed by atoms with Gasteiger partial charge in [0.15, 0.2) is 0 Å². The van der Waals surface area contributed by atoms with Gasteiger partial charge in [0.25, 0.3) is 0 Å². The van der Waals surface area contributed by atoms with Crippen molar-refractivity contribution in [1.29, 1.82) is 0 Å². The van der Waals surface area contributed by atoms with E-state index in [-0.39, 0.29) is 12.1 Å². The summed E-state index contributed by atoms with van der Waals surface area (Å²) < 4.78 is 5.91. The quantitative estimate of drug-likeness (QED) is 0.753. The Kier molecular flexibility index (Phi) is 6.23. The first-order valence-corrected chi connectivity index (χ1v) is 6.73. The van der Waals surface area contributed by atoms with Crippen LogP contribution >= 0.6 is 11.6 Å². The third-order valence-corrected chi connectivity index (χ3v) is 2.97. The molecule has 2 atom stereocenters. The van der Waals surface area contributed by atoms with E-state index in [1.54, 1.807) is 0 Å². The smallest absolute Gasteiger partial charge is 0.121 e. The number of ether oxygens (including phenoxy) is 1. The molecule has 0 heterocycles. The summed E-state index contributed by atoms with van der Waals surface area (Å²) in [5, 5.41) is 4.13. The number of nitrogens with one attached hydrogen (secondary N) is 1. The summed E-state index contributed by atoms with van der Waals surface area (Å²) >= 11 is 5.94. The van der Waals surface area contributed by atoms with Crippen molar-refractivity contribution in [3.63, 3.8) is 0 Å². The van der Waals surface area contributed by atoms with Crippen LogP contribution in [-0.2, 0) is 0 Å². The van der Waals surface area contributed by atoms with Gasteiger partial charge in [0.05, 0.1) is 6.04 Å². The lowest BCUT2D eigenvalue weighted by atomic mass is 10.1. The minimum Gasteiger partial charge on any atom is -0.489 e. The predicted octanol–water partition coefficient (Wildman–Crippen LogP) is 4.05. The average molecular weight is 268 g/mol. The maximum Gasteiger partial charge on any atom is 0.121 e. The topological polar surface area (TPSA) is 21.3 Å². The molecule has 0 bridgehead atoms. The van der Waals surface area contributed by atoms with E-state index in [4.69, 9.17) is 16.3 Å². The van der Waals surface area contributed by atoms with E-state index < -0.39 is 0 Å². The number of hydrogen-bond acceptors (Lipinski definition) is 2. The molecule has 0 amide bonds. The van der Waals surface area contributed by atoms with Crippen molar-refractivity contribution in [2.45, 2.75) is 39.3 Å². The molecule has 0 radical (unpaired) electrons. The Labute approximate surface area is 115 Å². The van der Waals surface area contributed by atoms with Crippen LogP contribution in [-0.4, -0.2) is 18.7 Å². The fraction of sp³-hybridized carbons (Fsp3) is 0.467. The first-order chi connectivity index (χ1) is 8.54. The summed E-state index contributed by atoms with van der Waals surface area (Å²) in [6.07, 6.45) is 1.11. The number of benzene rings is 1. The molecule has 0 aromatic heterocycles. The van der Waals surface area contributed by atoms with Gasteiger partial charge in [0.1, 0.15) is 11.9 Å². The van der Waals surface area contributed by atoms with Gasteiger partial charge in [-0.1, -0.05) is 36.7 Å². The van der Waals surface area contributed by atoms with E-state index in [1.165, 1.54) is 0 Å². The van der Waals surface area contributed by atoms with Crippen LogP contribution in [0.25, 0.3) is 0 Å². The van der Waals surface area contributed by atoms with Crippen LogP contribution < -0.4 is 10.1 Å². The summed E-state index contributed by atoms with van der Waals surface area (Å²) in [6.45, 7) is 11.2. The normalized spacial score (nSPS) is 14.0. The minimum absolute atomic E-state index is 0.0208. The summed E-state index contributed by atoms with van der Waals surface area (Å²) in [7, 11) is 0. The lowest BCUT2D eigenvalue weighted by Gasteiger charge is -2.26. The van der Waals surface area contributed by atoms with E-state index in [2.05, 4.69) is 18.8 Å². The monoisotopic (exact) mass is 267 g/mol. The average Bonchev–Trinajstić information content (AvgIpc) is 2.29. The maximum absolute atomic E-state index is 5.94. The van der Waals surface area contributed by atoms with Crippen LogP contribution in [0, 0.1) is 0 Å². The SMILES string of the molecule is C=C(C)C(NCCC)C(C)Oc1cccc(Cl)c1. The van der Waals surface area contributed by atoms with Crippen molar-refractivity contribution in [1.82, 2.24) is 5.32 Å². The molecule has 1 rings (SSSR count). The Morgan fingerprint density at radius 3 is 2.78 bits per heavy atom. The molecule has 2 unspecified atom stereocenters. The number of halogens is 1. The summed E-state index contributed by atoms with van der Waals surface area (Å²) in [6, 6.07) is 7.62. The standard InChI is InChI=1S/C15H22ClNO/c1-5-9-17-15(11(2)3)12(4)18-14-8-6-7-13(16)10-14/h6-8,10,12,15,17H,2,5,9H2,1,3-4H3. The van der Waals surface area contributed by atoms with Crippen LogP contribution in [0.3, 0.4) is 0 Å². The lowest BCUT2D eigenvalue weighted by molar-refractivity contribution is 0.185. The zero-order valence-corrected chi connectivity index (χ0v) is 12.1. The van der Waals surface area contributed by atoms with Gasteiger partial charge < -0.3 is 10.1 Å².